The van der Waals surface area contributed by atoms with Gasteiger partial charge in [0.15, 0.2) is 5.78 Å². The van der Waals surface area contributed by atoms with Crippen molar-refractivity contribution < 1.29 is 31.1 Å². The summed E-state index contributed by atoms with van der Waals surface area (Å²) in [5.74, 6) is -5.30. The summed E-state index contributed by atoms with van der Waals surface area (Å²) in [7, 11) is 0. The summed E-state index contributed by atoms with van der Waals surface area (Å²) in [6.07, 6.45) is -8.02. The number of carbonyl (C=O) groups excluding carboxylic acids is 1. The molecule has 1 aromatic carbocycles. The molecular weight excluding hydrogens is 334 g/mol. The lowest BCUT2D eigenvalue weighted by molar-refractivity contribution is -0.163. The number of halogens is 6. The second kappa shape index (κ2) is 4.76. The molecule has 0 radical (unpaired) electrons. The summed E-state index contributed by atoms with van der Waals surface area (Å²) < 4.78 is 80.5. The van der Waals surface area contributed by atoms with Gasteiger partial charge in [-0.15, -0.1) is 0 Å². The van der Waals surface area contributed by atoms with Crippen LogP contribution in [0.15, 0.2) is 0 Å². The Labute approximate surface area is 134 Å². The first-order chi connectivity index (χ1) is 11.1. The van der Waals surface area contributed by atoms with Crippen LogP contribution < -0.4 is 0 Å². The standard InChI is InChI=1S/C17H14F6O/c18-16(19,20)11-5-4-9-7-2-1-3-8(7)10-6-12(24)15(17(21,22)23)14(10)13(9)11/h11,15H,1-6H2. The lowest BCUT2D eigenvalue weighted by Crippen LogP contribution is -2.28. The maximum Gasteiger partial charge on any atom is 0.402 e. The summed E-state index contributed by atoms with van der Waals surface area (Å²) in [6, 6.07) is 0. The van der Waals surface area contributed by atoms with Gasteiger partial charge < -0.3 is 0 Å². The van der Waals surface area contributed by atoms with Crippen molar-refractivity contribution in [2.45, 2.75) is 62.7 Å². The summed E-state index contributed by atoms with van der Waals surface area (Å²) in [6.45, 7) is 0. The van der Waals surface area contributed by atoms with E-state index in [1.807, 2.05) is 0 Å². The molecule has 24 heavy (non-hydrogen) atoms. The van der Waals surface area contributed by atoms with Crippen molar-refractivity contribution in [3.63, 3.8) is 0 Å². The van der Waals surface area contributed by atoms with E-state index in [1.54, 1.807) is 0 Å². The Bertz CT molecular complexity index is 743. The van der Waals surface area contributed by atoms with E-state index in [2.05, 4.69) is 0 Å². The Morgan fingerprint density at radius 3 is 1.96 bits per heavy atom. The third-order valence-electron chi connectivity index (χ3n) is 5.60. The van der Waals surface area contributed by atoms with Crippen LogP contribution in [0.5, 0.6) is 0 Å². The number of fused-ring (bicyclic) bond motifs is 6. The second-order valence-corrected chi connectivity index (χ2v) is 6.85. The first-order valence-corrected chi connectivity index (χ1v) is 7.96. The van der Waals surface area contributed by atoms with Gasteiger partial charge >= 0.3 is 12.4 Å². The maximum absolute atomic E-state index is 13.4. The van der Waals surface area contributed by atoms with Gasteiger partial charge in [-0.3, -0.25) is 4.79 Å². The zero-order valence-corrected chi connectivity index (χ0v) is 12.6. The SMILES string of the molecule is O=C1Cc2c3c(c4c(c2C1C(F)(F)F)C(C(F)(F)F)CC4)CCC3. The van der Waals surface area contributed by atoms with E-state index in [-0.39, 0.29) is 36.0 Å². The van der Waals surface area contributed by atoms with E-state index in [1.165, 1.54) is 0 Å². The van der Waals surface area contributed by atoms with Gasteiger partial charge in [0.25, 0.3) is 0 Å². The summed E-state index contributed by atoms with van der Waals surface area (Å²) in [4.78, 5) is 12.0. The van der Waals surface area contributed by atoms with Gasteiger partial charge in [-0.2, -0.15) is 26.3 Å². The maximum atomic E-state index is 13.4. The molecule has 1 aromatic rings. The molecule has 0 saturated heterocycles. The fraction of sp³-hybridized carbons (Fsp3) is 0.588. The van der Waals surface area contributed by atoms with E-state index in [9.17, 15) is 31.1 Å². The highest BCUT2D eigenvalue weighted by Crippen LogP contribution is 2.55. The molecule has 3 aliphatic rings. The highest BCUT2D eigenvalue weighted by Gasteiger charge is 2.56. The van der Waals surface area contributed by atoms with Crippen molar-refractivity contribution in [2.24, 2.45) is 0 Å². The lowest BCUT2D eigenvalue weighted by atomic mass is 9.84. The molecule has 0 spiro atoms. The van der Waals surface area contributed by atoms with Crippen LogP contribution in [0.25, 0.3) is 0 Å². The second-order valence-electron chi connectivity index (χ2n) is 6.85. The van der Waals surface area contributed by atoms with Gasteiger partial charge in [0.2, 0.25) is 0 Å². The fourth-order valence-electron chi connectivity index (χ4n) is 4.82. The summed E-state index contributed by atoms with van der Waals surface area (Å²) >= 11 is 0. The van der Waals surface area contributed by atoms with Crippen molar-refractivity contribution in [1.82, 2.24) is 0 Å². The molecule has 4 rings (SSSR count). The topological polar surface area (TPSA) is 17.1 Å². The number of hydrogen-bond acceptors (Lipinski definition) is 1. The van der Waals surface area contributed by atoms with E-state index >= 15 is 0 Å². The average molecular weight is 348 g/mol. The Morgan fingerprint density at radius 2 is 1.38 bits per heavy atom. The predicted octanol–water partition coefficient (Wildman–Crippen LogP) is 4.54. The number of alkyl halides is 6. The molecule has 0 saturated carbocycles. The third kappa shape index (κ3) is 2.05. The van der Waals surface area contributed by atoms with Crippen molar-refractivity contribution in [3.05, 3.63) is 33.4 Å². The molecule has 1 nitrogen and oxygen atoms in total. The smallest absolute Gasteiger partial charge is 0.298 e. The number of Topliss-reactive ketones (excluding diaryl/α,β-unsaturated/α-hetero) is 1. The van der Waals surface area contributed by atoms with Crippen LogP contribution in [0.2, 0.25) is 0 Å². The molecule has 0 aliphatic heterocycles. The number of ketones is 1. The molecule has 7 heteroatoms. The molecule has 3 aliphatic carbocycles. The lowest BCUT2D eigenvalue weighted by Gasteiger charge is -2.24. The largest absolute Gasteiger partial charge is 0.402 e. The first-order valence-electron chi connectivity index (χ1n) is 7.96. The number of benzene rings is 1. The van der Waals surface area contributed by atoms with E-state index in [0.717, 1.165) is 12.0 Å². The van der Waals surface area contributed by atoms with Crippen LogP contribution in [0.1, 0.15) is 58.1 Å². The van der Waals surface area contributed by atoms with E-state index in [0.29, 0.717) is 24.0 Å². The molecule has 0 aromatic heterocycles. The zero-order valence-electron chi connectivity index (χ0n) is 12.6. The van der Waals surface area contributed by atoms with Crippen molar-refractivity contribution >= 4 is 5.78 Å². The van der Waals surface area contributed by atoms with Crippen LogP contribution in [0, 0.1) is 0 Å². The predicted molar refractivity (Wildman–Crippen MR) is 73.1 cm³/mol. The van der Waals surface area contributed by atoms with Gasteiger partial charge in [0.05, 0.1) is 5.92 Å². The van der Waals surface area contributed by atoms with E-state index < -0.39 is 30.0 Å². The average Bonchev–Trinajstić information content (AvgIpc) is 3.09. The normalized spacial score (nSPS) is 25.8. The number of hydrogen-bond donors (Lipinski definition) is 0. The molecule has 0 amide bonds. The summed E-state index contributed by atoms with van der Waals surface area (Å²) in [5, 5.41) is 0. The Kier molecular flexibility index (Phi) is 3.17. The minimum atomic E-state index is -4.85. The Hall–Kier alpha value is -1.53. The molecule has 0 heterocycles. The highest BCUT2D eigenvalue weighted by atomic mass is 19.4. The fourth-order valence-corrected chi connectivity index (χ4v) is 4.82. The van der Waals surface area contributed by atoms with Gasteiger partial charge in [-0.25, -0.2) is 0 Å². The molecule has 130 valence electrons. The molecule has 0 N–H and O–H groups in total. The van der Waals surface area contributed by atoms with Gasteiger partial charge in [0, 0.05) is 6.42 Å². The quantitative estimate of drug-likeness (QED) is 0.629. The summed E-state index contributed by atoms with van der Waals surface area (Å²) in [5.41, 5.74) is 1.59. The number of rotatable bonds is 0. The van der Waals surface area contributed by atoms with Gasteiger partial charge in [-0.1, -0.05) is 0 Å². The molecule has 2 atom stereocenters. The molecule has 0 fully saturated rings. The first kappa shape index (κ1) is 16.0. The highest BCUT2D eigenvalue weighted by molar-refractivity contribution is 5.95. The van der Waals surface area contributed by atoms with Crippen LogP contribution in [0.4, 0.5) is 26.3 Å². The monoisotopic (exact) mass is 348 g/mol. The van der Waals surface area contributed by atoms with Crippen LogP contribution in [0.3, 0.4) is 0 Å². The third-order valence-corrected chi connectivity index (χ3v) is 5.60. The van der Waals surface area contributed by atoms with Crippen LogP contribution >= 0.6 is 0 Å². The van der Waals surface area contributed by atoms with Crippen LogP contribution in [-0.2, 0) is 30.5 Å². The Morgan fingerprint density at radius 1 is 0.750 bits per heavy atom. The van der Waals surface area contributed by atoms with Crippen molar-refractivity contribution in [2.75, 3.05) is 0 Å². The van der Waals surface area contributed by atoms with Crippen molar-refractivity contribution in [1.29, 1.82) is 0 Å². The van der Waals surface area contributed by atoms with E-state index in [4.69, 9.17) is 0 Å². The van der Waals surface area contributed by atoms with Crippen molar-refractivity contribution in [3.8, 4) is 0 Å². The molecule has 0 bridgehead atoms. The number of carbonyl (C=O) groups is 1. The van der Waals surface area contributed by atoms with Gasteiger partial charge in [-0.05, 0) is 65.5 Å². The zero-order chi connectivity index (χ0) is 17.4. The molecule has 2 unspecified atom stereocenters. The minimum absolute atomic E-state index is 0.147. The minimum Gasteiger partial charge on any atom is -0.298 e. The Balaban J connectivity index is 2.03. The molecular formula is C17H14F6O. The van der Waals surface area contributed by atoms with Gasteiger partial charge in [0.1, 0.15) is 5.92 Å². The van der Waals surface area contributed by atoms with Crippen LogP contribution in [-0.4, -0.2) is 18.1 Å².